The number of likely N-dealkylation sites (N-methyl/N-ethyl adjacent to an activating group) is 1. The number of ether oxygens (including phenoxy) is 1. The number of anilines is 1. The van der Waals surface area contributed by atoms with Crippen molar-refractivity contribution in [2.75, 3.05) is 45.2 Å². The summed E-state index contributed by atoms with van der Waals surface area (Å²) < 4.78 is 5.39. The summed E-state index contributed by atoms with van der Waals surface area (Å²) in [6.07, 6.45) is 5.48. The van der Waals surface area contributed by atoms with Crippen molar-refractivity contribution in [3.63, 3.8) is 0 Å². The van der Waals surface area contributed by atoms with Crippen LogP contribution in [0.3, 0.4) is 0 Å². The van der Waals surface area contributed by atoms with Gasteiger partial charge >= 0.3 is 0 Å². The molecule has 2 heterocycles. The summed E-state index contributed by atoms with van der Waals surface area (Å²) in [6, 6.07) is 13.7. The van der Waals surface area contributed by atoms with E-state index in [-0.39, 0.29) is 18.2 Å². The Morgan fingerprint density at radius 2 is 1.82 bits per heavy atom. The molecular formula is C26H38N4O4. The fourth-order valence-electron chi connectivity index (χ4n) is 3.99. The highest BCUT2D eigenvalue weighted by atomic mass is 16.6. The molecule has 0 saturated carbocycles. The van der Waals surface area contributed by atoms with Crippen molar-refractivity contribution in [1.29, 1.82) is 0 Å². The van der Waals surface area contributed by atoms with E-state index in [0.29, 0.717) is 23.4 Å². The first-order chi connectivity index (χ1) is 16.6. The van der Waals surface area contributed by atoms with Gasteiger partial charge in [-0.25, -0.2) is 0 Å². The number of nitro groups is 1. The Morgan fingerprint density at radius 3 is 2.47 bits per heavy atom. The van der Waals surface area contributed by atoms with Crippen molar-refractivity contribution >= 4 is 17.3 Å². The maximum absolute atomic E-state index is 11.2. The topological polar surface area (TPSA) is 96.7 Å². The molecule has 0 radical (unpaired) electrons. The maximum atomic E-state index is 11.2. The van der Waals surface area contributed by atoms with Crippen LogP contribution in [-0.2, 0) is 17.6 Å². The first kappa shape index (κ1) is 27.1. The zero-order valence-corrected chi connectivity index (χ0v) is 20.6. The van der Waals surface area contributed by atoms with Crippen LogP contribution < -0.4 is 15.4 Å². The number of nitro benzene ring substituents is 1. The third kappa shape index (κ3) is 8.33. The van der Waals surface area contributed by atoms with Crippen molar-refractivity contribution in [1.82, 2.24) is 10.2 Å². The van der Waals surface area contributed by atoms with Gasteiger partial charge in [-0.3, -0.25) is 14.9 Å². The van der Waals surface area contributed by atoms with E-state index in [1.165, 1.54) is 63.6 Å². The molecule has 1 fully saturated rings. The first-order valence-corrected chi connectivity index (χ1v) is 12.2. The Labute approximate surface area is 202 Å². The molecule has 0 bridgehead atoms. The Morgan fingerprint density at radius 1 is 1.12 bits per heavy atom. The second-order valence-electron chi connectivity index (χ2n) is 7.97. The quantitative estimate of drug-likeness (QED) is 0.459. The molecule has 4 rings (SSSR count). The normalized spacial score (nSPS) is 14.3. The van der Waals surface area contributed by atoms with E-state index in [2.05, 4.69) is 45.9 Å². The van der Waals surface area contributed by atoms with Crippen LogP contribution in [0, 0.1) is 10.1 Å². The zero-order chi connectivity index (χ0) is 24.8. The van der Waals surface area contributed by atoms with E-state index in [1.54, 1.807) is 0 Å². The van der Waals surface area contributed by atoms with Crippen molar-refractivity contribution < 1.29 is 14.5 Å². The smallest absolute Gasteiger partial charge is 0.274 e. The zero-order valence-electron chi connectivity index (χ0n) is 20.6. The Hall–Kier alpha value is -3.13. The van der Waals surface area contributed by atoms with Gasteiger partial charge in [-0.1, -0.05) is 44.2 Å². The lowest BCUT2D eigenvalue weighted by Crippen LogP contribution is -2.25. The Bertz CT molecular complexity index is 899. The molecule has 2 aliphatic heterocycles. The van der Waals surface area contributed by atoms with Crippen LogP contribution >= 0.6 is 0 Å². The molecule has 0 aromatic heterocycles. The van der Waals surface area contributed by atoms with E-state index >= 15 is 0 Å². The largest absolute Gasteiger partial charge is 0.482 e. The van der Waals surface area contributed by atoms with Crippen molar-refractivity contribution in [3.05, 3.63) is 63.7 Å². The van der Waals surface area contributed by atoms with E-state index < -0.39 is 4.92 Å². The highest BCUT2D eigenvalue weighted by Gasteiger charge is 2.24. The van der Waals surface area contributed by atoms with Gasteiger partial charge in [-0.2, -0.15) is 0 Å². The van der Waals surface area contributed by atoms with Crippen molar-refractivity contribution in [3.8, 4) is 5.75 Å². The predicted molar refractivity (Wildman–Crippen MR) is 137 cm³/mol. The molecule has 1 saturated heterocycles. The van der Waals surface area contributed by atoms with Crippen LogP contribution in [0.25, 0.3) is 0 Å². The van der Waals surface area contributed by atoms with Gasteiger partial charge in [0.2, 0.25) is 0 Å². The molecule has 0 unspecified atom stereocenters. The fraction of sp³-hybridized carbons (Fsp3) is 0.500. The minimum atomic E-state index is -0.394. The summed E-state index contributed by atoms with van der Waals surface area (Å²) in [6.45, 7) is 8.50. The van der Waals surface area contributed by atoms with Crippen LogP contribution in [0.15, 0.2) is 42.5 Å². The molecule has 1 amide bonds. The van der Waals surface area contributed by atoms with E-state index in [9.17, 15) is 14.9 Å². The number of rotatable bonds is 7. The summed E-state index contributed by atoms with van der Waals surface area (Å²) >= 11 is 0. The molecular weight excluding hydrogens is 432 g/mol. The van der Waals surface area contributed by atoms with E-state index in [0.717, 1.165) is 13.0 Å². The number of nitrogens with zero attached hydrogens (tertiary/aromatic N) is 2. The highest BCUT2D eigenvalue weighted by molar-refractivity contribution is 5.78. The van der Waals surface area contributed by atoms with E-state index in [4.69, 9.17) is 4.74 Å². The second-order valence-corrected chi connectivity index (χ2v) is 7.97. The molecule has 2 aliphatic rings. The number of benzene rings is 2. The lowest BCUT2D eigenvalue weighted by Gasteiger charge is -2.20. The molecule has 2 aromatic rings. The summed E-state index contributed by atoms with van der Waals surface area (Å²) in [5.41, 5.74) is 2.83. The van der Waals surface area contributed by atoms with Gasteiger partial charge < -0.3 is 20.3 Å². The van der Waals surface area contributed by atoms with Crippen molar-refractivity contribution in [2.24, 2.45) is 0 Å². The molecule has 8 heteroatoms. The number of carbonyl (C=O) groups is 1. The Kier molecular flexibility index (Phi) is 11.9. The Balaban J connectivity index is 0.000000237. The van der Waals surface area contributed by atoms with E-state index in [1.807, 2.05) is 13.8 Å². The average Bonchev–Trinajstić information content (AvgIpc) is 3.41. The second kappa shape index (κ2) is 14.9. The SMILES string of the molecule is CC.CNC(=O)COc1ccc([N+](=O)[O-])c2c1NCCC2.c1ccc(CCN2CCCC2)cc1. The number of hydrogen-bond acceptors (Lipinski definition) is 6. The number of amides is 1. The molecule has 2 aromatic carbocycles. The molecule has 34 heavy (non-hydrogen) atoms. The van der Waals surface area contributed by atoms with Gasteiger partial charge in [-0.15, -0.1) is 0 Å². The van der Waals surface area contributed by atoms with Crippen LogP contribution in [0.2, 0.25) is 0 Å². The number of hydrogen-bond donors (Lipinski definition) is 2. The average molecular weight is 471 g/mol. The monoisotopic (exact) mass is 470 g/mol. The summed E-state index contributed by atoms with van der Waals surface area (Å²) in [4.78, 5) is 24.3. The van der Waals surface area contributed by atoms with Gasteiger partial charge in [0, 0.05) is 26.2 Å². The number of fused-ring (bicyclic) bond motifs is 1. The lowest BCUT2D eigenvalue weighted by atomic mass is 10.0. The standard InChI is InChI=1S/C12H15N3O4.C12H17N.C2H6/c1-13-11(16)7-19-10-5-4-9(15(17)18)8-3-2-6-14-12(8)10;1-2-6-12(7-3-1)8-11-13-9-4-5-10-13;1-2/h4-5,14H,2-3,6-7H2,1H3,(H,13,16);1-3,6-7H,4-5,8-11H2;1-2H3. The van der Waals surface area contributed by atoms with Crippen LogP contribution in [0.1, 0.15) is 44.2 Å². The first-order valence-electron chi connectivity index (χ1n) is 12.2. The highest BCUT2D eigenvalue weighted by Crippen LogP contribution is 2.38. The summed E-state index contributed by atoms with van der Waals surface area (Å²) in [7, 11) is 1.52. The maximum Gasteiger partial charge on any atom is 0.274 e. The minimum absolute atomic E-state index is 0.0921. The number of carbonyl (C=O) groups excluding carboxylic acids is 1. The molecule has 0 aliphatic carbocycles. The fourth-order valence-corrected chi connectivity index (χ4v) is 3.99. The van der Waals surface area contributed by atoms with Crippen LogP contribution in [-0.4, -0.2) is 55.6 Å². The third-order valence-corrected chi connectivity index (χ3v) is 5.75. The van der Waals surface area contributed by atoms with Gasteiger partial charge in [0.1, 0.15) is 5.75 Å². The van der Waals surface area contributed by atoms with Gasteiger partial charge in [0.05, 0.1) is 16.2 Å². The van der Waals surface area contributed by atoms with Gasteiger partial charge in [0.25, 0.3) is 11.6 Å². The predicted octanol–water partition coefficient (Wildman–Crippen LogP) is 4.43. The summed E-state index contributed by atoms with van der Waals surface area (Å²) in [5.74, 6) is 0.229. The lowest BCUT2D eigenvalue weighted by molar-refractivity contribution is -0.385. The van der Waals surface area contributed by atoms with Crippen LogP contribution in [0.4, 0.5) is 11.4 Å². The third-order valence-electron chi connectivity index (χ3n) is 5.75. The van der Waals surface area contributed by atoms with Gasteiger partial charge in [-0.05, 0) is 56.8 Å². The van der Waals surface area contributed by atoms with Crippen LogP contribution in [0.5, 0.6) is 5.75 Å². The molecule has 186 valence electrons. The molecule has 2 N–H and O–H groups in total. The number of likely N-dealkylation sites (tertiary alicyclic amines) is 1. The van der Waals surface area contributed by atoms with Gasteiger partial charge in [0.15, 0.2) is 6.61 Å². The summed E-state index contributed by atoms with van der Waals surface area (Å²) in [5, 5.41) is 16.5. The molecule has 0 atom stereocenters. The molecule has 0 spiro atoms. The molecule has 8 nitrogen and oxygen atoms in total. The number of nitrogens with one attached hydrogen (secondary N) is 2. The van der Waals surface area contributed by atoms with Crippen molar-refractivity contribution in [2.45, 2.75) is 46.0 Å². The minimum Gasteiger partial charge on any atom is -0.482 e.